The molecule has 0 unspecified atom stereocenters. The van der Waals surface area contributed by atoms with Gasteiger partial charge in [-0.3, -0.25) is 4.90 Å². The Morgan fingerprint density at radius 1 is 1.33 bits per heavy atom. The molecule has 1 aliphatic heterocycles. The molecule has 3 nitrogen and oxygen atoms in total. The van der Waals surface area contributed by atoms with E-state index in [1.165, 1.54) is 5.56 Å². The van der Waals surface area contributed by atoms with Crippen molar-refractivity contribution in [3.8, 4) is 0 Å². The molecule has 2 rings (SSSR count). The molecule has 1 aliphatic rings. The number of aliphatic hydroxyl groups is 1. The largest absolute Gasteiger partial charge is 0.390 e. The van der Waals surface area contributed by atoms with Gasteiger partial charge in [-0.25, -0.2) is 0 Å². The van der Waals surface area contributed by atoms with E-state index in [2.05, 4.69) is 17.0 Å². The van der Waals surface area contributed by atoms with E-state index >= 15 is 0 Å². The molecule has 1 aromatic carbocycles. The summed E-state index contributed by atoms with van der Waals surface area (Å²) in [5.74, 6) is 0. The van der Waals surface area contributed by atoms with Crippen LogP contribution in [0.1, 0.15) is 12.0 Å². The first kappa shape index (κ1) is 10.6. The number of nitrogens with two attached hydrogens (primary N) is 1. The van der Waals surface area contributed by atoms with Crippen molar-refractivity contribution in [2.45, 2.75) is 25.1 Å². The Morgan fingerprint density at radius 2 is 2.07 bits per heavy atom. The van der Waals surface area contributed by atoms with Gasteiger partial charge in [-0.1, -0.05) is 30.3 Å². The van der Waals surface area contributed by atoms with E-state index in [1.54, 1.807) is 0 Å². The van der Waals surface area contributed by atoms with E-state index in [4.69, 9.17) is 5.73 Å². The second kappa shape index (κ2) is 4.75. The predicted molar refractivity (Wildman–Crippen MR) is 60.3 cm³/mol. The van der Waals surface area contributed by atoms with E-state index in [1.807, 2.05) is 18.2 Å². The number of β-amino-alcohol motifs (C(OH)–C–C–N with tert-alkyl or cyclic N) is 1. The molecule has 2 atom stereocenters. The van der Waals surface area contributed by atoms with Crippen LogP contribution in [0.3, 0.4) is 0 Å². The van der Waals surface area contributed by atoms with Gasteiger partial charge in [0.15, 0.2) is 0 Å². The molecule has 15 heavy (non-hydrogen) atoms. The maximum atomic E-state index is 9.66. The SMILES string of the molecule is N[C@@H]1CCN(Cc2ccccc2)C[C@H]1O. The highest BCUT2D eigenvalue weighted by atomic mass is 16.3. The van der Waals surface area contributed by atoms with Gasteiger partial charge in [0.1, 0.15) is 0 Å². The lowest BCUT2D eigenvalue weighted by Crippen LogP contribution is -2.50. The Morgan fingerprint density at radius 3 is 2.73 bits per heavy atom. The second-order valence-electron chi connectivity index (χ2n) is 4.24. The van der Waals surface area contributed by atoms with Crippen LogP contribution in [0, 0.1) is 0 Å². The van der Waals surface area contributed by atoms with Crippen molar-refractivity contribution in [3.63, 3.8) is 0 Å². The number of piperidine rings is 1. The number of hydrogen-bond donors (Lipinski definition) is 2. The fraction of sp³-hybridized carbons (Fsp3) is 0.500. The van der Waals surface area contributed by atoms with Gasteiger partial charge in [0.05, 0.1) is 6.10 Å². The third-order valence-corrected chi connectivity index (χ3v) is 2.97. The minimum atomic E-state index is -0.373. The molecule has 0 radical (unpaired) electrons. The molecule has 0 aliphatic carbocycles. The zero-order valence-electron chi connectivity index (χ0n) is 8.84. The summed E-state index contributed by atoms with van der Waals surface area (Å²) in [7, 11) is 0. The summed E-state index contributed by atoms with van der Waals surface area (Å²) in [4.78, 5) is 2.25. The second-order valence-corrected chi connectivity index (χ2v) is 4.24. The molecule has 0 aromatic heterocycles. The van der Waals surface area contributed by atoms with Crippen LogP contribution in [-0.2, 0) is 6.54 Å². The Hall–Kier alpha value is -0.900. The highest BCUT2D eigenvalue weighted by Gasteiger charge is 2.24. The summed E-state index contributed by atoms with van der Waals surface area (Å²) >= 11 is 0. The summed E-state index contributed by atoms with van der Waals surface area (Å²) in [6.07, 6.45) is 0.510. The molecule has 0 saturated carbocycles. The van der Waals surface area contributed by atoms with Crippen LogP contribution < -0.4 is 5.73 Å². The monoisotopic (exact) mass is 206 g/mol. The quantitative estimate of drug-likeness (QED) is 0.744. The van der Waals surface area contributed by atoms with E-state index in [0.717, 1.165) is 19.5 Å². The molecule has 1 fully saturated rings. The van der Waals surface area contributed by atoms with Gasteiger partial charge in [-0.05, 0) is 12.0 Å². The van der Waals surface area contributed by atoms with Gasteiger partial charge in [-0.15, -0.1) is 0 Å². The third kappa shape index (κ3) is 2.78. The van der Waals surface area contributed by atoms with Crippen LogP contribution in [0.4, 0.5) is 0 Å². The van der Waals surface area contributed by atoms with Crippen LogP contribution in [0.5, 0.6) is 0 Å². The first-order chi connectivity index (χ1) is 7.25. The van der Waals surface area contributed by atoms with Gasteiger partial charge >= 0.3 is 0 Å². The van der Waals surface area contributed by atoms with Gasteiger partial charge < -0.3 is 10.8 Å². The number of likely N-dealkylation sites (tertiary alicyclic amines) is 1. The zero-order valence-corrected chi connectivity index (χ0v) is 8.84. The van der Waals surface area contributed by atoms with E-state index in [-0.39, 0.29) is 12.1 Å². The lowest BCUT2D eigenvalue weighted by molar-refractivity contribution is 0.0499. The normalized spacial score (nSPS) is 27.9. The van der Waals surface area contributed by atoms with Crippen LogP contribution in [0.2, 0.25) is 0 Å². The van der Waals surface area contributed by atoms with Gasteiger partial charge in [-0.2, -0.15) is 0 Å². The molecule has 3 heteroatoms. The molecule has 1 saturated heterocycles. The van der Waals surface area contributed by atoms with Crippen molar-refractivity contribution in [2.24, 2.45) is 5.73 Å². The van der Waals surface area contributed by atoms with Crippen molar-refractivity contribution in [3.05, 3.63) is 35.9 Å². The summed E-state index contributed by atoms with van der Waals surface area (Å²) in [5.41, 5.74) is 7.05. The molecule has 3 N–H and O–H groups in total. The summed E-state index contributed by atoms with van der Waals surface area (Å²) < 4.78 is 0. The van der Waals surface area contributed by atoms with Crippen molar-refractivity contribution < 1.29 is 5.11 Å². The summed E-state index contributed by atoms with van der Waals surface area (Å²) in [6, 6.07) is 10.3. The number of aliphatic hydroxyl groups excluding tert-OH is 1. The van der Waals surface area contributed by atoms with Crippen LogP contribution in [0.25, 0.3) is 0 Å². The Kier molecular flexibility index (Phi) is 3.36. The molecular weight excluding hydrogens is 188 g/mol. The topological polar surface area (TPSA) is 49.5 Å². The standard InChI is InChI=1S/C12H18N2O/c13-11-6-7-14(9-12(11)15)8-10-4-2-1-3-5-10/h1-5,11-12,15H,6-9,13H2/t11-,12-/m1/s1. The van der Waals surface area contributed by atoms with Crippen molar-refractivity contribution in [1.29, 1.82) is 0 Å². The molecule has 82 valence electrons. The molecule has 0 amide bonds. The van der Waals surface area contributed by atoms with Crippen molar-refractivity contribution in [1.82, 2.24) is 4.90 Å². The van der Waals surface area contributed by atoms with Crippen molar-refractivity contribution >= 4 is 0 Å². The lowest BCUT2D eigenvalue weighted by Gasteiger charge is -2.34. The fourth-order valence-corrected chi connectivity index (χ4v) is 2.00. The first-order valence-electron chi connectivity index (χ1n) is 5.45. The van der Waals surface area contributed by atoms with E-state index in [0.29, 0.717) is 6.54 Å². The maximum Gasteiger partial charge on any atom is 0.0818 e. The Labute approximate surface area is 90.5 Å². The minimum absolute atomic E-state index is 0.0444. The fourth-order valence-electron chi connectivity index (χ4n) is 2.00. The highest BCUT2D eigenvalue weighted by molar-refractivity contribution is 5.14. The van der Waals surface area contributed by atoms with Gasteiger partial charge in [0.25, 0.3) is 0 Å². The molecular formula is C12H18N2O. The predicted octanol–water partition coefficient (Wildman–Crippen LogP) is 0.580. The summed E-state index contributed by atoms with van der Waals surface area (Å²) in [6.45, 7) is 2.58. The Balaban J connectivity index is 1.91. The smallest absolute Gasteiger partial charge is 0.0818 e. The zero-order chi connectivity index (χ0) is 10.7. The van der Waals surface area contributed by atoms with Crippen molar-refractivity contribution in [2.75, 3.05) is 13.1 Å². The Bertz CT molecular complexity index is 302. The lowest BCUT2D eigenvalue weighted by atomic mass is 10.0. The van der Waals surface area contributed by atoms with Crippen LogP contribution in [0.15, 0.2) is 30.3 Å². The molecule has 1 aromatic rings. The maximum absolute atomic E-state index is 9.66. The summed E-state index contributed by atoms with van der Waals surface area (Å²) in [5, 5.41) is 9.66. The highest BCUT2D eigenvalue weighted by Crippen LogP contribution is 2.12. The molecule has 0 bridgehead atoms. The number of rotatable bonds is 2. The number of benzene rings is 1. The average molecular weight is 206 g/mol. The molecule has 0 spiro atoms. The molecule has 1 heterocycles. The third-order valence-electron chi connectivity index (χ3n) is 2.97. The average Bonchev–Trinajstić information content (AvgIpc) is 2.25. The minimum Gasteiger partial charge on any atom is -0.390 e. The number of hydrogen-bond acceptors (Lipinski definition) is 3. The van der Waals surface area contributed by atoms with E-state index in [9.17, 15) is 5.11 Å². The first-order valence-corrected chi connectivity index (χ1v) is 5.45. The van der Waals surface area contributed by atoms with Gasteiger partial charge in [0, 0.05) is 25.7 Å². The van der Waals surface area contributed by atoms with Crippen LogP contribution >= 0.6 is 0 Å². The van der Waals surface area contributed by atoms with E-state index < -0.39 is 0 Å². The number of nitrogens with zero attached hydrogens (tertiary/aromatic N) is 1. The van der Waals surface area contributed by atoms with Crippen LogP contribution in [-0.4, -0.2) is 35.2 Å². The van der Waals surface area contributed by atoms with Gasteiger partial charge in [0.2, 0.25) is 0 Å².